The van der Waals surface area contributed by atoms with E-state index < -0.39 is 0 Å². The SMILES string of the molecule is CCOC(=O)Cn1c(=NC(=O)CCCSCc2ccccc2)sc2cc(Cl)ccc21. The highest BCUT2D eigenvalue weighted by Gasteiger charge is 2.12. The Morgan fingerprint density at radius 2 is 2.00 bits per heavy atom. The van der Waals surface area contributed by atoms with E-state index in [2.05, 4.69) is 17.1 Å². The van der Waals surface area contributed by atoms with Gasteiger partial charge in [0, 0.05) is 17.2 Å². The number of rotatable bonds is 9. The van der Waals surface area contributed by atoms with Gasteiger partial charge in [0.25, 0.3) is 0 Å². The summed E-state index contributed by atoms with van der Waals surface area (Å²) in [4.78, 5) is 29.2. The zero-order chi connectivity index (χ0) is 21.3. The van der Waals surface area contributed by atoms with Crippen LogP contribution >= 0.6 is 34.7 Å². The van der Waals surface area contributed by atoms with Crippen LogP contribution in [0.4, 0.5) is 0 Å². The number of nitrogens with zero attached hydrogens (tertiary/aromatic N) is 2. The Bertz CT molecular complexity index is 1080. The van der Waals surface area contributed by atoms with Crippen molar-refractivity contribution in [2.24, 2.45) is 4.99 Å². The molecule has 0 aliphatic rings. The molecule has 3 rings (SSSR count). The van der Waals surface area contributed by atoms with Crippen LogP contribution in [-0.2, 0) is 26.6 Å². The molecule has 0 saturated heterocycles. The highest BCUT2D eigenvalue weighted by Crippen LogP contribution is 2.22. The summed E-state index contributed by atoms with van der Waals surface area (Å²) in [5.41, 5.74) is 2.09. The molecule has 0 saturated carbocycles. The molecule has 0 aliphatic carbocycles. The van der Waals surface area contributed by atoms with Crippen molar-refractivity contribution in [3.05, 3.63) is 63.9 Å². The number of halogens is 1. The number of hydrogen-bond acceptors (Lipinski definition) is 5. The Morgan fingerprint density at radius 1 is 1.20 bits per heavy atom. The van der Waals surface area contributed by atoms with Gasteiger partial charge in [-0.05, 0) is 42.9 Å². The minimum Gasteiger partial charge on any atom is -0.465 e. The van der Waals surface area contributed by atoms with Crippen LogP contribution in [0.25, 0.3) is 10.2 Å². The number of amides is 1. The number of thiazole rings is 1. The average Bonchev–Trinajstić information content (AvgIpc) is 3.04. The van der Waals surface area contributed by atoms with E-state index in [1.165, 1.54) is 16.9 Å². The zero-order valence-electron chi connectivity index (χ0n) is 16.7. The van der Waals surface area contributed by atoms with Crippen molar-refractivity contribution in [1.29, 1.82) is 0 Å². The molecule has 1 aromatic heterocycles. The van der Waals surface area contributed by atoms with Gasteiger partial charge in [0.15, 0.2) is 4.80 Å². The second-order valence-corrected chi connectivity index (χ2v) is 9.09. The van der Waals surface area contributed by atoms with Crippen LogP contribution in [0.1, 0.15) is 25.3 Å². The summed E-state index contributed by atoms with van der Waals surface area (Å²) in [6.45, 7) is 2.08. The van der Waals surface area contributed by atoms with Crippen molar-refractivity contribution in [3.8, 4) is 0 Å². The van der Waals surface area contributed by atoms with Gasteiger partial charge in [-0.2, -0.15) is 16.8 Å². The van der Waals surface area contributed by atoms with Crippen molar-refractivity contribution in [3.63, 3.8) is 0 Å². The molecular weight excluding hydrogens is 440 g/mol. The number of aromatic nitrogens is 1. The first-order chi connectivity index (χ1) is 14.6. The minimum absolute atomic E-state index is 0.00845. The summed E-state index contributed by atoms with van der Waals surface area (Å²) in [5, 5.41) is 0.598. The lowest BCUT2D eigenvalue weighted by atomic mass is 10.2. The quantitative estimate of drug-likeness (QED) is 0.329. The first kappa shape index (κ1) is 22.6. The third kappa shape index (κ3) is 6.45. The summed E-state index contributed by atoms with van der Waals surface area (Å²) in [6.07, 6.45) is 1.13. The summed E-state index contributed by atoms with van der Waals surface area (Å²) >= 11 is 9.24. The van der Waals surface area contributed by atoms with Gasteiger partial charge in [0.2, 0.25) is 5.91 Å². The Hall–Kier alpha value is -2.09. The number of fused-ring (bicyclic) bond motifs is 1. The first-order valence-corrected chi connectivity index (χ1v) is 12.1. The monoisotopic (exact) mass is 462 g/mol. The molecule has 0 atom stereocenters. The summed E-state index contributed by atoms with van der Waals surface area (Å²) in [7, 11) is 0. The highest BCUT2D eigenvalue weighted by molar-refractivity contribution is 7.98. The van der Waals surface area contributed by atoms with E-state index in [0.29, 0.717) is 22.9 Å². The number of hydrogen-bond donors (Lipinski definition) is 0. The second kappa shape index (κ2) is 11.3. The van der Waals surface area contributed by atoms with Crippen molar-refractivity contribution in [2.45, 2.75) is 32.1 Å². The van der Waals surface area contributed by atoms with Crippen molar-refractivity contribution >= 4 is 56.8 Å². The maximum absolute atomic E-state index is 12.4. The van der Waals surface area contributed by atoms with Crippen LogP contribution in [-0.4, -0.2) is 28.8 Å². The van der Waals surface area contributed by atoms with Gasteiger partial charge in [-0.25, -0.2) is 0 Å². The molecule has 0 fully saturated rings. The summed E-state index contributed by atoms with van der Waals surface area (Å²) in [6, 6.07) is 15.7. The predicted molar refractivity (Wildman–Crippen MR) is 124 cm³/mol. The van der Waals surface area contributed by atoms with Gasteiger partial charge in [-0.1, -0.05) is 53.3 Å². The molecule has 3 aromatic rings. The lowest BCUT2D eigenvalue weighted by molar-refractivity contribution is -0.143. The number of esters is 1. The Kier molecular flexibility index (Phi) is 8.54. The van der Waals surface area contributed by atoms with Gasteiger partial charge >= 0.3 is 5.97 Å². The van der Waals surface area contributed by atoms with Crippen molar-refractivity contribution < 1.29 is 14.3 Å². The number of carbonyl (C=O) groups excluding carboxylic acids is 2. The van der Waals surface area contributed by atoms with Crippen LogP contribution in [0.3, 0.4) is 0 Å². The lowest BCUT2D eigenvalue weighted by Crippen LogP contribution is -2.23. The fourth-order valence-electron chi connectivity index (χ4n) is 2.87. The maximum atomic E-state index is 12.4. The lowest BCUT2D eigenvalue weighted by Gasteiger charge is -2.05. The molecule has 2 aromatic carbocycles. The van der Waals surface area contributed by atoms with E-state index >= 15 is 0 Å². The average molecular weight is 463 g/mol. The number of ether oxygens (including phenoxy) is 1. The smallest absolute Gasteiger partial charge is 0.326 e. The highest BCUT2D eigenvalue weighted by atomic mass is 35.5. The van der Waals surface area contributed by atoms with Gasteiger partial charge in [-0.3, -0.25) is 9.59 Å². The predicted octanol–water partition coefficient (Wildman–Crippen LogP) is 5.06. The topological polar surface area (TPSA) is 60.7 Å². The number of benzene rings is 2. The molecule has 1 heterocycles. The van der Waals surface area contributed by atoms with Crippen LogP contribution in [0.5, 0.6) is 0 Å². The van der Waals surface area contributed by atoms with Crippen LogP contribution in [0, 0.1) is 0 Å². The maximum Gasteiger partial charge on any atom is 0.326 e. The molecule has 158 valence electrons. The summed E-state index contributed by atoms with van der Waals surface area (Å²) < 4.78 is 7.66. The van der Waals surface area contributed by atoms with Crippen LogP contribution in [0.2, 0.25) is 5.02 Å². The Morgan fingerprint density at radius 3 is 2.77 bits per heavy atom. The zero-order valence-corrected chi connectivity index (χ0v) is 19.1. The molecule has 0 bridgehead atoms. The van der Waals surface area contributed by atoms with Gasteiger partial charge in [-0.15, -0.1) is 0 Å². The van der Waals surface area contributed by atoms with E-state index in [1.807, 2.05) is 30.3 Å². The van der Waals surface area contributed by atoms with Gasteiger partial charge in [0.05, 0.1) is 16.8 Å². The third-order valence-corrected chi connectivity index (χ3v) is 6.64. The largest absolute Gasteiger partial charge is 0.465 e. The fourth-order valence-corrected chi connectivity index (χ4v) is 5.12. The van der Waals surface area contributed by atoms with E-state index in [0.717, 1.165) is 28.1 Å². The molecule has 30 heavy (non-hydrogen) atoms. The number of carbonyl (C=O) groups is 2. The fraction of sp³-hybridized carbons (Fsp3) is 0.318. The molecule has 5 nitrogen and oxygen atoms in total. The molecule has 0 radical (unpaired) electrons. The van der Waals surface area contributed by atoms with E-state index in [-0.39, 0.29) is 18.4 Å². The minimum atomic E-state index is -0.363. The Balaban J connectivity index is 1.66. The van der Waals surface area contributed by atoms with Gasteiger partial charge < -0.3 is 9.30 Å². The standard InChI is InChI=1S/C22H23ClN2O3S2/c1-2-28-21(27)14-25-18-11-10-17(23)13-19(18)30-22(25)24-20(26)9-6-12-29-15-16-7-4-3-5-8-16/h3-5,7-8,10-11,13H,2,6,9,12,14-15H2,1H3. The first-order valence-electron chi connectivity index (χ1n) is 9.70. The normalized spacial score (nSPS) is 11.7. The van der Waals surface area contributed by atoms with E-state index in [9.17, 15) is 9.59 Å². The van der Waals surface area contributed by atoms with Gasteiger partial charge in [0.1, 0.15) is 6.54 Å². The molecule has 0 spiro atoms. The van der Waals surface area contributed by atoms with E-state index in [1.54, 1.807) is 29.3 Å². The van der Waals surface area contributed by atoms with Crippen LogP contribution in [0.15, 0.2) is 53.5 Å². The number of thioether (sulfide) groups is 1. The van der Waals surface area contributed by atoms with Crippen molar-refractivity contribution in [2.75, 3.05) is 12.4 Å². The molecule has 0 aliphatic heterocycles. The second-order valence-electron chi connectivity index (χ2n) is 6.54. The Labute approximate surface area is 188 Å². The third-order valence-electron chi connectivity index (χ3n) is 4.25. The van der Waals surface area contributed by atoms with E-state index in [4.69, 9.17) is 16.3 Å². The molecule has 0 unspecified atom stereocenters. The van der Waals surface area contributed by atoms with Crippen molar-refractivity contribution in [1.82, 2.24) is 4.57 Å². The van der Waals surface area contributed by atoms with Crippen LogP contribution < -0.4 is 4.80 Å². The molecular formula is C22H23ClN2O3S2. The summed E-state index contributed by atoms with van der Waals surface area (Å²) in [5.74, 6) is 1.27. The molecule has 1 amide bonds. The molecule has 8 heteroatoms. The molecule has 0 N–H and O–H groups in total.